The van der Waals surface area contributed by atoms with E-state index in [9.17, 15) is 13.2 Å². The molecule has 5 aromatic rings. The van der Waals surface area contributed by atoms with Gasteiger partial charge in [0.05, 0.1) is 29.4 Å². The lowest BCUT2D eigenvalue weighted by Gasteiger charge is -2.46. The quantitative estimate of drug-likeness (QED) is 0.157. The molecule has 0 aromatic heterocycles. The highest BCUT2D eigenvalue weighted by molar-refractivity contribution is 7.92. The van der Waals surface area contributed by atoms with Gasteiger partial charge in [-0.15, -0.1) is 0 Å². The SMILES string of the molecule is CCOc1ccc([C@@H]2N(Cc3ccccc3)c3ccc(S(=O)(=O)Nc4ccc(C)cc4)cc3C(=O)N2c2ccc(OCC)cc2)cc1. The lowest BCUT2D eigenvalue weighted by atomic mass is 9.99. The third-order valence-electron chi connectivity index (χ3n) is 7.99. The van der Waals surface area contributed by atoms with Gasteiger partial charge in [0, 0.05) is 17.9 Å². The molecule has 0 saturated heterocycles. The molecule has 1 aliphatic rings. The van der Waals surface area contributed by atoms with Gasteiger partial charge in [-0.1, -0.05) is 60.2 Å². The van der Waals surface area contributed by atoms with Crippen LogP contribution in [0.5, 0.6) is 11.5 Å². The Labute approximate surface area is 276 Å². The fourth-order valence-corrected chi connectivity index (χ4v) is 6.85. The lowest BCUT2D eigenvalue weighted by Crippen LogP contribution is -2.49. The van der Waals surface area contributed by atoms with E-state index in [-0.39, 0.29) is 16.4 Å². The van der Waals surface area contributed by atoms with E-state index in [1.807, 2.05) is 112 Å². The largest absolute Gasteiger partial charge is 0.494 e. The maximum Gasteiger partial charge on any atom is 0.262 e. The smallest absolute Gasteiger partial charge is 0.262 e. The first-order chi connectivity index (χ1) is 22.8. The van der Waals surface area contributed by atoms with Crippen LogP contribution >= 0.6 is 0 Å². The molecule has 0 fully saturated rings. The zero-order valence-corrected chi connectivity index (χ0v) is 27.4. The van der Waals surface area contributed by atoms with Crippen LogP contribution in [0, 0.1) is 6.92 Å². The molecule has 0 bridgehead atoms. The Morgan fingerprint density at radius 1 is 0.745 bits per heavy atom. The van der Waals surface area contributed by atoms with Gasteiger partial charge in [0.15, 0.2) is 0 Å². The van der Waals surface area contributed by atoms with Crippen LogP contribution in [0.3, 0.4) is 0 Å². The van der Waals surface area contributed by atoms with E-state index in [0.717, 1.165) is 22.4 Å². The average molecular weight is 648 g/mol. The minimum absolute atomic E-state index is 0.00371. The minimum Gasteiger partial charge on any atom is -0.494 e. The van der Waals surface area contributed by atoms with Crippen LogP contribution in [0.25, 0.3) is 0 Å². The van der Waals surface area contributed by atoms with E-state index in [0.29, 0.717) is 42.6 Å². The number of hydrogen-bond donors (Lipinski definition) is 1. The number of carbonyl (C=O) groups is 1. The average Bonchev–Trinajstić information content (AvgIpc) is 3.08. The van der Waals surface area contributed by atoms with Crippen LogP contribution in [0.2, 0.25) is 0 Å². The molecule has 1 aliphatic heterocycles. The topological polar surface area (TPSA) is 88.2 Å². The molecule has 1 N–H and O–H groups in total. The number of carbonyl (C=O) groups excluding carboxylic acids is 1. The first-order valence-corrected chi connectivity index (χ1v) is 17.1. The summed E-state index contributed by atoms with van der Waals surface area (Å²) in [5.74, 6) is 1.10. The van der Waals surface area contributed by atoms with Gasteiger partial charge in [0.25, 0.3) is 15.9 Å². The predicted molar refractivity (Wildman–Crippen MR) is 186 cm³/mol. The highest BCUT2D eigenvalue weighted by Crippen LogP contribution is 2.43. The Balaban J connectivity index is 1.50. The maximum atomic E-state index is 14.7. The molecule has 0 spiro atoms. The molecule has 0 unspecified atom stereocenters. The molecule has 1 heterocycles. The van der Waals surface area contributed by atoms with Crippen LogP contribution < -0.4 is 24.0 Å². The van der Waals surface area contributed by atoms with Crippen molar-refractivity contribution in [1.82, 2.24) is 0 Å². The Kier molecular flexibility index (Phi) is 9.17. The van der Waals surface area contributed by atoms with Gasteiger partial charge >= 0.3 is 0 Å². The molecule has 240 valence electrons. The fraction of sp³-hybridized carbons (Fsp3) is 0.184. The second-order valence-electron chi connectivity index (χ2n) is 11.2. The number of nitrogens with zero attached hydrogens (tertiary/aromatic N) is 2. The van der Waals surface area contributed by atoms with Gasteiger partial charge in [-0.3, -0.25) is 14.4 Å². The number of anilines is 3. The third kappa shape index (κ3) is 6.80. The highest BCUT2D eigenvalue weighted by atomic mass is 32.2. The molecule has 0 radical (unpaired) electrons. The van der Waals surface area contributed by atoms with E-state index in [4.69, 9.17) is 9.47 Å². The predicted octanol–water partition coefficient (Wildman–Crippen LogP) is 7.96. The number of sulfonamides is 1. The number of aryl methyl sites for hydroxylation is 1. The number of benzene rings is 5. The first kappa shape index (κ1) is 31.7. The van der Waals surface area contributed by atoms with Crippen LogP contribution in [0.1, 0.15) is 47.1 Å². The van der Waals surface area contributed by atoms with E-state index in [2.05, 4.69) is 9.62 Å². The summed E-state index contributed by atoms with van der Waals surface area (Å²) in [6, 6.07) is 37.0. The zero-order valence-electron chi connectivity index (χ0n) is 26.6. The van der Waals surface area contributed by atoms with Crippen LogP contribution in [0.15, 0.2) is 126 Å². The molecule has 1 amide bonds. The van der Waals surface area contributed by atoms with Gasteiger partial charge in [0.1, 0.15) is 17.7 Å². The summed E-state index contributed by atoms with van der Waals surface area (Å²) in [7, 11) is -4.00. The molecular formula is C38H37N3O5S. The number of rotatable bonds is 11. The van der Waals surface area contributed by atoms with Gasteiger partial charge in [-0.25, -0.2) is 8.42 Å². The third-order valence-corrected chi connectivity index (χ3v) is 9.37. The van der Waals surface area contributed by atoms with Crippen molar-refractivity contribution in [2.75, 3.05) is 27.7 Å². The number of nitrogens with one attached hydrogen (secondary N) is 1. The molecule has 6 rings (SSSR count). The normalized spacial score (nSPS) is 14.4. The Hall–Kier alpha value is -5.28. The van der Waals surface area contributed by atoms with Crippen molar-refractivity contribution in [3.05, 3.63) is 144 Å². The molecule has 0 aliphatic carbocycles. The second-order valence-corrected chi connectivity index (χ2v) is 12.9. The van der Waals surface area contributed by atoms with Gasteiger partial charge in [0.2, 0.25) is 0 Å². The summed E-state index contributed by atoms with van der Waals surface area (Å²) in [5, 5.41) is 0. The van der Waals surface area contributed by atoms with Crippen molar-refractivity contribution < 1.29 is 22.7 Å². The van der Waals surface area contributed by atoms with Crippen LogP contribution in [0.4, 0.5) is 17.1 Å². The van der Waals surface area contributed by atoms with Crippen molar-refractivity contribution in [1.29, 1.82) is 0 Å². The van der Waals surface area contributed by atoms with Crippen molar-refractivity contribution in [3.63, 3.8) is 0 Å². The molecule has 9 heteroatoms. The Morgan fingerprint density at radius 2 is 1.36 bits per heavy atom. The summed E-state index contributed by atoms with van der Waals surface area (Å²) >= 11 is 0. The van der Waals surface area contributed by atoms with Crippen LogP contribution in [-0.4, -0.2) is 27.5 Å². The van der Waals surface area contributed by atoms with E-state index < -0.39 is 16.2 Å². The number of ether oxygens (including phenoxy) is 2. The van der Waals surface area contributed by atoms with E-state index in [1.54, 1.807) is 29.2 Å². The monoisotopic (exact) mass is 647 g/mol. The van der Waals surface area contributed by atoms with Crippen molar-refractivity contribution in [3.8, 4) is 11.5 Å². The van der Waals surface area contributed by atoms with Gasteiger partial charge < -0.3 is 14.4 Å². The molecule has 47 heavy (non-hydrogen) atoms. The Bertz CT molecular complexity index is 1950. The molecule has 0 saturated carbocycles. The Morgan fingerprint density at radius 3 is 1.98 bits per heavy atom. The molecule has 5 aromatic carbocycles. The maximum absolute atomic E-state index is 14.7. The number of fused-ring (bicyclic) bond motifs is 1. The van der Waals surface area contributed by atoms with Crippen molar-refractivity contribution in [2.24, 2.45) is 0 Å². The molecule has 1 atom stereocenters. The van der Waals surface area contributed by atoms with Crippen molar-refractivity contribution >= 4 is 33.0 Å². The summed E-state index contributed by atoms with van der Waals surface area (Å²) < 4.78 is 41.3. The first-order valence-electron chi connectivity index (χ1n) is 15.6. The minimum atomic E-state index is -4.00. The molecular weight excluding hydrogens is 611 g/mol. The summed E-state index contributed by atoms with van der Waals surface area (Å²) in [4.78, 5) is 18.5. The standard InChI is InChI=1S/C38H37N3O5S/c1-4-45-32-19-13-29(14-20-32)37-40(26-28-9-7-6-8-10-28)36-24-23-34(47(43,44)39-30-15-11-27(3)12-16-30)25-35(36)38(42)41(37)31-17-21-33(22-18-31)46-5-2/h6-25,37,39H,4-5,26H2,1-3H3/t37-/m1/s1. The van der Waals surface area contributed by atoms with E-state index >= 15 is 0 Å². The van der Waals surface area contributed by atoms with Gasteiger partial charge in [-0.2, -0.15) is 0 Å². The summed E-state index contributed by atoms with van der Waals surface area (Å²) in [6.07, 6.45) is -0.558. The molecule has 8 nitrogen and oxygen atoms in total. The van der Waals surface area contributed by atoms with E-state index in [1.165, 1.54) is 6.07 Å². The number of amides is 1. The van der Waals surface area contributed by atoms with Crippen LogP contribution in [-0.2, 0) is 16.6 Å². The highest BCUT2D eigenvalue weighted by Gasteiger charge is 2.40. The zero-order chi connectivity index (χ0) is 33.0. The summed E-state index contributed by atoms with van der Waals surface area (Å²) in [6.45, 7) is 7.30. The van der Waals surface area contributed by atoms with Gasteiger partial charge in [-0.05, 0) is 98.6 Å². The fourth-order valence-electron chi connectivity index (χ4n) is 5.76. The lowest BCUT2D eigenvalue weighted by molar-refractivity contribution is 0.0968. The van der Waals surface area contributed by atoms with Crippen molar-refractivity contribution in [2.45, 2.75) is 38.4 Å². The summed E-state index contributed by atoms with van der Waals surface area (Å²) in [5.41, 5.74) is 4.92. The second kappa shape index (κ2) is 13.6. The number of hydrogen-bond acceptors (Lipinski definition) is 6.